The maximum absolute atomic E-state index is 12.8. The predicted molar refractivity (Wildman–Crippen MR) is 243 cm³/mol. The van der Waals surface area contributed by atoms with E-state index in [0.29, 0.717) is 6.42 Å². The van der Waals surface area contributed by atoms with Gasteiger partial charge in [0.15, 0.2) is 12.4 Å². The zero-order valence-electron chi connectivity index (χ0n) is 38.7. The predicted octanol–water partition coefficient (Wildman–Crippen LogP) is 11.5. The van der Waals surface area contributed by atoms with Gasteiger partial charge in [-0.1, -0.05) is 199 Å². The van der Waals surface area contributed by atoms with Crippen molar-refractivity contribution in [2.75, 3.05) is 19.8 Å². The van der Waals surface area contributed by atoms with Crippen LogP contribution in [0.4, 0.5) is 0 Å². The first-order valence-corrected chi connectivity index (χ1v) is 25.3. The second-order valence-corrected chi connectivity index (χ2v) is 17.6. The Bertz CT molecular complexity index is 990. The van der Waals surface area contributed by atoms with Crippen LogP contribution >= 0.6 is 0 Å². The van der Waals surface area contributed by atoms with Crippen LogP contribution in [0.1, 0.15) is 239 Å². The van der Waals surface area contributed by atoms with Gasteiger partial charge in [0, 0.05) is 12.8 Å². The van der Waals surface area contributed by atoms with E-state index in [1.54, 1.807) is 0 Å². The molecule has 1 aliphatic heterocycles. The van der Waals surface area contributed by atoms with Gasteiger partial charge in [0.1, 0.15) is 31.0 Å². The maximum atomic E-state index is 12.8. The third kappa shape index (κ3) is 32.2. The Kier molecular flexibility index (Phi) is 39.0. The molecule has 1 heterocycles. The van der Waals surface area contributed by atoms with Crippen molar-refractivity contribution >= 4 is 11.9 Å². The van der Waals surface area contributed by atoms with E-state index in [9.17, 15) is 30.0 Å². The number of ether oxygens (including phenoxy) is 4. The molecular formula is C50H94O10. The van der Waals surface area contributed by atoms with Crippen LogP contribution in [-0.4, -0.2) is 89.0 Å². The minimum absolute atomic E-state index is 0.213. The standard InChI is InChI=1S/C50H94O10/c1-3-5-7-9-11-13-15-17-19-20-21-22-23-25-26-28-30-32-34-36-38-45(52)57-41-43(42-58-50-49(56)48(55)47(54)44(40-51)60-50)59-46(53)39-37-35-33-31-29-27-24-18-16-14-12-10-8-6-4-2/h14,16,43-44,47-51,54-56H,3-13,15,17-42H2,1-2H3/b16-14+/t43-,44-,47+,48?,49?,50-/m0/s1. The van der Waals surface area contributed by atoms with E-state index in [-0.39, 0.29) is 32.0 Å². The van der Waals surface area contributed by atoms with Gasteiger partial charge < -0.3 is 39.4 Å². The number of carbonyl (C=O) groups is 2. The molecule has 0 aromatic rings. The minimum atomic E-state index is -1.59. The van der Waals surface area contributed by atoms with Gasteiger partial charge in [0.2, 0.25) is 0 Å². The summed E-state index contributed by atoms with van der Waals surface area (Å²) in [5.74, 6) is -0.797. The number of esters is 2. The Balaban J connectivity index is 2.24. The molecule has 0 radical (unpaired) electrons. The van der Waals surface area contributed by atoms with Crippen LogP contribution in [0.3, 0.4) is 0 Å². The molecule has 4 N–H and O–H groups in total. The molecule has 2 unspecified atom stereocenters. The number of aliphatic hydroxyl groups is 4. The van der Waals surface area contributed by atoms with Gasteiger partial charge in [-0.05, 0) is 38.5 Å². The van der Waals surface area contributed by atoms with Crippen LogP contribution in [-0.2, 0) is 28.5 Å². The van der Waals surface area contributed by atoms with E-state index in [4.69, 9.17) is 18.9 Å². The second kappa shape index (κ2) is 41.5. The number of aliphatic hydroxyl groups excluding tert-OH is 4. The zero-order chi connectivity index (χ0) is 43.7. The Hall–Kier alpha value is -1.56. The summed E-state index contributed by atoms with van der Waals surface area (Å²) in [4.78, 5) is 25.4. The van der Waals surface area contributed by atoms with Gasteiger partial charge in [-0.3, -0.25) is 9.59 Å². The van der Waals surface area contributed by atoms with Crippen LogP contribution in [0.5, 0.6) is 0 Å². The lowest BCUT2D eigenvalue weighted by atomic mass is 9.99. The van der Waals surface area contributed by atoms with E-state index in [1.807, 2.05) is 0 Å². The van der Waals surface area contributed by atoms with Crippen LogP contribution < -0.4 is 0 Å². The van der Waals surface area contributed by atoms with Crippen molar-refractivity contribution in [3.05, 3.63) is 12.2 Å². The van der Waals surface area contributed by atoms with E-state index in [0.717, 1.165) is 44.9 Å². The third-order valence-electron chi connectivity index (χ3n) is 11.9. The van der Waals surface area contributed by atoms with E-state index in [2.05, 4.69) is 26.0 Å². The molecule has 6 atom stereocenters. The molecule has 0 aromatic carbocycles. The molecule has 0 bridgehead atoms. The van der Waals surface area contributed by atoms with Gasteiger partial charge >= 0.3 is 11.9 Å². The van der Waals surface area contributed by atoms with Gasteiger partial charge in [0.25, 0.3) is 0 Å². The average molecular weight is 855 g/mol. The van der Waals surface area contributed by atoms with E-state index in [1.165, 1.54) is 161 Å². The summed E-state index contributed by atoms with van der Waals surface area (Å²) in [6.07, 6.45) is 37.9. The van der Waals surface area contributed by atoms with Crippen LogP contribution in [0.2, 0.25) is 0 Å². The maximum Gasteiger partial charge on any atom is 0.306 e. The number of carbonyl (C=O) groups excluding carboxylic acids is 2. The first-order valence-electron chi connectivity index (χ1n) is 25.3. The summed E-state index contributed by atoms with van der Waals surface area (Å²) in [5, 5.41) is 40.2. The number of unbranched alkanes of at least 4 members (excludes halogenated alkanes) is 30. The number of allylic oxidation sites excluding steroid dienone is 2. The fourth-order valence-corrected chi connectivity index (χ4v) is 7.89. The third-order valence-corrected chi connectivity index (χ3v) is 11.9. The number of hydrogen-bond donors (Lipinski definition) is 4. The summed E-state index contributed by atoms with van der Waals surface area (Å²) in [7, 11) is 0. The van der Waals surface area contributed by atoms with Crippen molar-refractivity contribution in [2.45, 2.75) is 275 Å². The molecular weight excluding hydrogens is 761 g/mol. The first kappa shape index (κ1) is 56.5. The monoisotopic (exact) mass is 855 g/mol. The molecule has 1 saturated heterocycles. The SMILES string of the molecule is CCCCCC/C=C/CCCCCCCCCC(=O)O[C@@H](COC(=O)CCCCCCCCCCCCCCCCCCCCCC)CO[C@H]1O[C@@H](CO)[C@@H](O)C(O)C1O. The van der Waals surface area contributed by atoms with Gasteiger partial charge in [-0.15, -0.1) is 0 Å². The normalized spacial score (nSPS) is 19.9. The summed E-state index contributed by atoms with van der Waals surface area (Å²) >= 11 is 0. The highest BCUT2D eigenvalue weighted by Gasteiger charge is 2.44. The first-order chi connectivity index (χ1) is 29.3. The summed E-state index contributed by atoms with van der Waals surface area (Å²) in [6.45, 7) is 3.45. The average Bonchev–Trinajstić information content (AvgIpc) is 3.25. The lowest BCUT2D eigenvalue weighted by Gasteiger charge is -2.39. The second-order valence-electron chi connectivity index (χ2n) is 17.6. The largest absolute Gasteiger partial charge is 0.462 e. The Labute approximate surface area is 367 Å². The van der Waals surface area contributed by atoms with Crippen LogP contribution in [0, 0.1) is 0 Å². The molecule has 0 aromatic heterocycles. The Morgan fingerprint density at radius 1 is 0.500 bits per heavy atom. The quantitative estimate of drug-likeness (QED) is 0.0265. The lowest BCUT2D eigenvalue weighted by Crippen LogP contribution is -2.59. The highest BCUT2D eigenvalue weighted by atomic mass is 16.7. The highest BCUT2D eigenvalue weighted by Crippen LogP contribution is 2.23. The van der Waals surface area contributed by atoms with Gasteiger partial charge in [-0.2, -0.15) is 0 Å². The molecule has 1 aliphatic rings. The van der Waals surface area contributed by atoms with Crippen molar-refractivity contribution in [3.8, 4) is 0 Å². The van der Waals surface area contributed by atoms with Crippen LogP contribution in [0.15, 0.2) is 12.2 Å². The summed E-state index contributed by atoms with van der Waals surface area (Å²) in [6, 6.07) is 0. The van der Waals surface area contributed by atoms with Crippen molar-refractivity contribution in [1.82, 2.24) is 0 Å². The Morgan fingerprint density at radius 3 is 1.32 bits per heavy atom. The minimum Gasteiger partial charge on any atom is -0.462 e. The molecule has 10 nitrogen and oxygen atoms in total. The highest BCUT2D eigenvalue weighted by molar-refractivity contribution is 5.70. The number of rotatable bonds is 43. The molecule has 0 aliphatic carbocycles. The Morgan fingerprint density at radius 2 is 0.883 bits per heavy atom. The molecule has 0 spiro atoms. The molecule has 60 heavy (non-hydrogen) atoms. The van der Waals surface area contributed by atoms with Crippen molar-refractivity contribution in [3.63, 3.8) is 0 Å². The fraction of sp³-hybridized carbons (Fsp3) is 0.920. The molecule has 1 fully saturated rings. The molecule has 0 saturated carbocycles. The fourth-order valence-electron chi connectivity index (χ4n) is 7.89. The van der Waals surface area contributed by atoms with E-state index >= 15 is 0 Å². The van der Waals surface area contributed by atoms with Crippen molar-refractivity contribution in [2.24, 2.45) is 0 Å². The molecule has 1 rings (SSSR count). The van der Waals surface area contributed by atoms with Crippen LogP contribution in [0.25, 0.3) is 0 Å². The topological polar surface area (TPSA) is 152 Å². The summed E-state index contributed by atoms with van der Waals surface area (Å²) < 4.78 is 22.2. The van der Waals surface area contributed by atoms with Crippen molar-refractivity contribution in [1.29, 1.82) is 0 Å². The van der Waals surface area contributed by atoms with Crippen molar-refractivity contribution < 1.29 is 49.0 Å². The molecule has 354 valence electrons. The smallest absolute Gasteiger partial charge is 0.306 e. The van der Waals surface area contributed by atoms with Gasteiger partial charge in [0.05, 0.1) is 13.2 Å². The van der Waals surface area contributed by atoms with Gasteiger partial charge in [-0.25, -0.2) is 0 Å². The summed E-state index contributed by atoms with van der Waals surface area (Å²) in [5.41, 5.74) is 0. The molecule has 10 heteroatoms. The number of hydrogen-bond acceptors (Lipinski definition) is 10. The lowest BCUT2D eigenvalue weighted by molar-refractivity contribution is -0.305. The van der Waals surface area contributed by atoms with E-state index < -0.39 is 49.4 Å². The zero-order valence-corrected chi connectivity index (χ0v) is 38.7. The molecule has 0 amide bonds.